The van der Waals surface area contributed by atoms with Gasteiger partial charge in [0.2, 0.25) is 0 Å². The minimum absolute atomic E-state index is 0.188. The number of ether oxygens (including phenoxy) is 4. The van der Waals surface area contributed by atoms with Gasteiger partial charge < -0.3 is 24.7 Å². The maximum atomic E-state index is 6.16. The Kier molecular flexibility index (Phi) is 11.2. The maximum Gasteiger partial charge on any atom is 0.0727 e. The van der Waals surface area contributed by atoms with Crippen molar-refractivity contribution in [3.8, 4) is 0 Å². The van der Waals surface area contributed by atoms with Crippen molar-refractivity contribution in [2.75, 3.05) is 46.8 Å². The molecule has 2 N–H and O–H groups in total. The van der Waals surface area contributed by atoms with Crippen molar-refractivity contribution >= 4 is 0 Å². The number of methoxy groups -OCH3 is 1. The van der Waals surface area contributed by atoms with Crippen LogP contribution in [0.5, 0.6) is 0 Å². The Morgan fingerprint density at radius 2 is 1.40 bits per heavy atom. The van der Waals surface area contributed by atoms with Crippen LogP contribution in [-0.2, 0) is 18.9 Å². The molecule has 1 saturated carbocycles. The summed E-state index contributed by atoms with van der Waals surface area (Å²) >= 11 is 0. The highest BCUT2D eigenvalue weighted by molar-refractivity contribution is 4.75. The van der Waals surface area contributed by atoms with E-state index in [1.807, 2.05) is 0 Å². The average Bonchev–Trinajstić information content (AvgIpc) is 2.44. The summed E-state index contributed by atoms with van der Waals surface area (Å²) in [6.07, 6.45) is 7.45. The third-order valence-corrected chi connectivity index (χ3v) is 3.62. The van der Waals surface area contributed by atoms with E-state index in [2.05, 4.69) is 0 Å². The lowest BCUT2D eigenvalue weighted by Crippen LogP contribution is -2.38. The van der Waals surface area contributed by atoms with E-state index in [4.69, 9.17) is 24.7 Å². The summed E-state index contributed by atoms with van der Waals surface area (Å²) in [6.45, 7) is 3.68. The molecule has 1 rings (SSSR count). The van der Waals surface area contributed by atoms with Gasteiger partial charge in [0.15, 0.2) is 0 Å². The van der Waals surface area contributed by atoms with Gasteiger partial charge in [-0.15, -0.1) is 0 Å². The van der Waals surface area contributed by atoms with E-state index >= 15 is 0 Å². The number of nitrogens with two attached hydrogens (primary N) is 1. The van der Waals surface area contributed by atoms with E-state index in [1.165, 1.54) is 25.7 Å². The van der Waals surface area contributed by atoms with Crippen molar-refractivity contribution in [3.05, 3.63) is 0 Å². The van der Waals surface area contributed by atoms with Crippen LogP contribution in [0.15, 0.2) is 0 Å². The van der Waals surface area contributed by atoms with Gasteiger partial charge in [0, 0.05) is 13.2 Å². The lowest BCUT2D eigenvalue weighted by Gasteiger charge is -2.26. The molecule has 0 heterocycles. The minimum atomic E-state index is 0.188. The number of rotatable bonds is 10. The highest BCUT2D eigenvalue weighted by atomic mass is 16.6. The van der Waals surface area contributed by atoms with Gasteiger partial charge in [-0.3, -0.25) is 0 Å². The van der Waals surface area contributed by atoms with Crippen LogP contribution in [0, 0.1) is 0 Å². The average molecular weight is 289 g/mol. The van der Waals surface area contributed by atoms with Crippen LogP contribution < -0.4 is 5.73 Å². The third-order valence-electron chi connectivity index (χ3n) is 3.62. The van der Waals surface area contributed by atoms with Gasteiger partial charge in [-0.05, 0) is 12.8 Å². The van der Waals surface area contributed by atoms with Gasteiger partial charge in [-0.25, -0.2) is 0 Å². The molecule has 1 aliphatic carbocycles. The van der Waals surface area contributed by atoms with Gasteiger partial charge in [0.1, 0.15) is 0 Å². The predicted octanol–water partition coefficient (Wildman–Crippen LogP) is 1.73. The zero-order valence-corrected chi connectivity index (χ0v) is 12.9. The van der Waals surface area contributed by atoms with Crippen molar-refractivity contribution in [1.82, 2.24) is 0 Å². The van der Waals surface area contributed by atoms with Crippen LogP contribution in [0.4, 0.5) is 0 Å². The molecule has 0 amide bonds. The number of hydrogen-bond donors (Lipinski definition) is 1. The summed E-state index contributed by atoms with van der Waals surface area (Å²) in [6, 6.07) is 0.188. The second kappa shape index (κ2) is 12.5. The van der Waals surface area contributed by atoms with Crippen molar-refractivity contribution < 1.29 is 18.9 Å². The fourth-order valence-electron chi connectivity index (χ4n) is 2.41. The summed E-state index contributed by atoms with van der Waals surface area (Å²) in [7, 11) is 1.66. The van der Waals surface area contributed by atoms with Gasteiger partial charge >= 0.3 is 0 Å². The predicted molar refractivity (Wildman–Crippen MR) is 78.9 cm³/mol. The van der Waals surface area contributed by atoms with Crippen LogP contribution >= 0.6 is 0 Å². The Morgan fingerprint density at radius 3 is 2.10 bits per heavy atom. The van der Waals surface area contributed by atoms with Gasteiger partial charge in [-0.2, -0.15) is 0 Å². The first-order valence-electron chi connectivity index (χ1n) is 7.86. The zero-order chi connectivity index (χ0) is 14.5. The number of hydrogen-bond acceptors (Lipinski definition) is 5. The standard InChI is InChI=1S/C15H31NO4/c1-17-8-9-18-10-11-19-12-13-20-15-7-5-3-2-4-6-14(15)16/h14-15H,2-13,16H2,1H3. The zero-order valence-electron chi connectivity index (χ0n) is 12.9. The molecule has 0 spiro atoms. The van der Waals surface area contributed by atoms with E-state index in [1.54, 1.807) is 7.11 Å². The van der Waals surface area contributed by atoms with E-state index in [0.29, 0.717) is 39.6 Å². The van der Waals surface area contributed by atoms with E-state index in [-0.39, 0.29) is 12.1 Å². The largest absolute Gasteiger partial charge is 0.382 e. The summed E-state index contributed by atoms with van der Waals surface area (Å²) in [5.41, 5.74) is 6.16. The topological polar surface area (TPSA) is 62.9 Å². The fraction of sp³-hybridized carbons (Fsp3) is 1.00. The Labute approximate surface area is 123 Å². The maximum absolute atomic E-state index is 6.16. The third kappa shape index (κ3) is 8.87. The van der Waals surface area contributed by atoms with Gasteiger partial charge in [0.05, 0.1) is 45.7 Å². The molecule has 5 nitrogen and oxygen atoms in total. The summed E-state index contributed by atoms with van der Waals surface area (Å²) < 4.78 is 21.5. The molecule has 2 atom stereocenters. The highest BCUT2D eigenvalue weighted by Crippen LogP contribution is 2.18. The first-order chi connectivity index (χ1) is 9.84. The molecule has 0 saturated heterocycles. The monoisotopic (exact) mass is 289 g/mol. The molecule has 1 aliphatic rings. The van der Waals surface area contributed by atoms with Crippen LogP contribution in [-0.4, -0.2) is 58.9 Å². The SMILES string of the molecule is COCCOCCOCCOC1CCCCCCC1N. The van der Waals surface area contributed by atoms with Crippen LogP contribution in [0.25, 0.3) is 0 Å². The van der Waals surface area contributed by atoms with E-state index < -0.39 is 0 Å². The molecule has 120 valence electrons. The molecule has 0 aromatic rings. The van der Waals surface area contributed by atoms with Crippen molar-refractivity contribution in [2.45, 2.75) is 50.7 Å². The van der Waals surface area contributed by atoms with E-state index in [0.717, 1.165) is 12.8 Å². The van der Waals surface area contributed by atoms with Crippen molar-refractivity contribution in [3.63, 3.8) is 0 Å². The summed E-state index contributed by atoms with van der Waals surface area (Å²) in [5, 5.41) is 0. The first-order valence-corrected chi connectivity index (χ1v) is 7.86. The van der Waals surface area contributed by atoms with E-state index in [9.17, 15) is 0 Å². The molecule has 0 bridgehead atoms. The Bertz CT molecular complexity index is 216. The molecule has 5 heteroatoms. The molecule has 2 unspecified atom stereocenters. The van der Waals surface area contributed by atoms with Crippen LogP contribution in [0.3, 0.4) is 0 Å². The Balaban J connectivity index is 1.93. The molecule has 1 fully saturated rings. The minimum Gasteiger partial charge on any atom is -0.382 e. The molecular formula is C15H31NO4. The fourth-order valence-corrected chi connectivity index (χ4v) is 2.41. The highest BCUT2D eigenvalue weighted by Gasteiger charge is 2.19. The van der Waals surface area contributed by atoms with Crippen LogP contribution in [0.1, 0.15) is 38.5 Å². The Hall–Kier alpha value is -0.200. The lowest BCUT2D eigenvalue weighted by atomic mass is 9.95. The molecule has 0 aromatic heterocycles. The molecule has 0 radical (unpaired) electrons. The smallest absolute Gasteiger partial charge is 0.0727 e. The lowest BCUT2D eigenvalue weighted by molar-refractivity contribution is -0.0276. The molecular weight excluding hydrogens is 258 g/mol. The first kappa shape index (κ1) is 17.9. The van der Waals surface area contributed by atoms with Crippen molar-refractivity contribution in [2.24, 2.45) is 5.73 Å². The summed E-state index contributed by atoms with van der Waals surface area (Å²) in [4.78, 5) is 0. The second-order valence-electron chi connectivity index (χ2n) is 5.28. The van der Waals surface area contributed by atoms with Crippen molar-refractivity contribution in [1.29, 1.82) is 0 Å². The van der Waals surface area contributed by atoms with Crippen LogP contribution in [0.2, 0.25) is 0 Å². The van der Waals surface area contributed by atoms with Gasteiger partial charge in [-0.1, -0.05) is 25.7 Å². The van der Waals surface area contributed by atoms with Gasteiger partial charge in [0.25, 0.3) is 0 Å². The normalized spacial score (nSPS) is 24.3. The quantitative estimate of drug-likeness (QED) is 0.621. The Morgan fingerprint density at radius 1 is 0.800 bits per heavy atom. The molecule has 0 aliphatic heterocycles. The molecule has 20 heavy (non-hydrogen) atoms. The second-order valence-corrected chi connectivity index (χ2v) is 5.28. The molecule has 0 aromatic carbocycles. The summed E-state index contributed by atoms with van der Waals surface area (Å²) in [5.74, 6) is 0.